The number of rotatable bonds is 4. The van der Waals surface area contributed by atoms with E-state index in [1.165, 1.54) is 6.33 Å². The van der Waals surface area contributed by atoms with E-state index >= 15 is 0 Å². The molecule has 3 rings (SSSR count). The number of nitrogens with zero attached hydrogens (tertiary/aromatic N) is 3. The molecule has 0 radical (unpaired) electrons. The van der Waals surface area contributed by atoms with Crippen molar-refractivity contribution in [3.63, 3.8) is 0 Å². The summed E-state index contributed by atoms with van der Waals surface area (Å²) in [6.45, 7) is 3.20. The molecule has 6 nitrogen and oxygen atoms in total. The van der Waals surface area contributed by atoms with Gasteiger partial charge < -0.3 is 10.3 Å². The minimum atomic E-state index is -0.177. The lowest BCUT2D eigenvalue weighted by atomic mass is 10.2. The summed E-state index contributed by atoms with van der Waals surface area (Å²) in [5, 5.41) is 3.12. The Kier molecular flexibility index (Phi) is 3.20. The first kappa shape index (κ1) is 12.4. The molecule has 2 aromatic heterocycles. The zero-order valence-electron chi connectivity index (χ0n) is 11.1. The molecule has 1 aromatic carbocycles. The first-order valence-electron chi connectivity index (χ1n) is 6.51. The van der Waals surface area contributed by atoms with Crippen LogP contribution >= 0.6 is 0 Å². The molecular formula is C14H15N5O. The molecule has 0 saturated carbocycles. The zero-order valence-corrected chi connectivity index (χ0v) is 11.1. The van der Waals surface area contributed by atoms with Crippen molar-refractivity contribution < 1.29 is 0 Å². The van der Waals surface area contributed by atoms with Crippen molar-refractivity contribution in [2.24, 2.45) is 0 Å². The Morgan fingerprint density at radius 2 is 2.05 bits per heavy atom. The lowest BCUT2D eigenvalue weighted by Crippen LogP contribution is -2.17. The number of H-pyrrole nitrogens is 1. The summed E-state index contributed by atoms with van der Waals surface area (Å²) in [5.41, 5.74) is 2.14. The van der Waals surface area contributed by atoms with Gasteiger partial charge in [0.05, 0.1) is 6.54 Å². The van der Waals surface area contributed by atoms with Crippen LogP contribution in [0.4, 0.5) is 5.82 Å². The molecule has 0 aliphatic heterocycles. The highest BCUT2D eigenvalue weighted by Crippen LogP contribution is 2.15. The Bertz CT molecular complexity index is 775. The molecule has 0 fully saturated rings. The summed E-state index contributed by atoms with van der Waals surface area (Å²) < 4.78 is 1.62. The average molecular weight is 269 g/mol. The second-order valence-electron chi connectivity index (χ2n) is 4.45. The van der Waals surface area contributed by atoms with Crippen LogP contribution in [0.3, 0.4) is 0 Å². The molecule has 2 heterocycles. The Labute approximate surface area is 115 Å². The van der Waals surface area contributed by atoms with E-state index in [0.29, 0.717) is 23.5 Å². The normalized spacial score (nSPS) is 10.8. The van der Waals surface area contributed by atoms with Crippen LogP contribution in [0.15, 0.2) is 41.5 Å². The van der Waals surface area contributed by atoms with Crippen LogP contribution in [0.1, 0.15) is 12.5 Å². The first-order valence-corrected chi connectivity index (χ1v) is 6.51. The molecule has 0 amide bonds. The molecular weight excluding hydrogens is 254 g/mol. The standard InChI is InChI=1S/C14H15N5O/c1-2-15-12-11-13(17-9-16-12)19(14(20)18-11)8-10-6-4-3-5-7-10/h3-7,9H,2,8H2,1H3,(H,18,20)(H,15,16,17). The summed E-state index contributed by atoms with van der Waals surface area (Å²) in [4.78, 5) is 23.3. The highest BCUT2D eigenvalue weighted by atomic mass is 16.1. The number of hydrogen-bond donors (Lipinski definition) is 2. The van der Waals surface area contributed by atoms with Crippen molar-refractivity contribution in [1.29, 1.82) is 0 Å². The van der Waals surface area contributed by atoms with E-state index in [4.69, 9.17) is 0 Å². The average Bonchev–Trinajstić information content (AvgIpc) is 2.78. The molecule has 0 unspecified atom stereocenters. The van der Waals surface area contributed by atoms with E-state index in [1.54, 1.807) is 4.57 Å². The maximum Gasteiger partial charge on any atom is 0.328 e. The van der Waals surface area contributed by atoms with Crippen molar-refractivity contribution in [2.45, 2.75) is 13.5 Å². The van der Waals surface area contributed by atoms with Crippen LogP contribution in [0.2, 0.25) is 0 Å². The van der Waals surface area contributed by atoms with Gasteiger partial charge in [0.15, 0.2) is 11.5 Å². The summed E-state index contributed by atoms with van der Waals surface area (Å²) in [7, 11) is 0. The van der Waals surface area contributed by atoms with E-state index in [-0.39, 0.29) is 5.69 Å². The molecule has 2 N–H and O–H groups in total. The van der Waals surface area contributed by atoms with Crippen molar-refractivity contribution in [3.05, 3.63) is 52.7 Å². The fraction of sp³-hybridized carbons (Fsp3) is 0.214. The molecule has 6 heteroatoms. The highest BCUT2D eigenvalue weighted by molar-refractivity contribution is 5.82. The molecule has 0 saturated heterocycles. The Morgan fingerprint density at radius 3 is 2.80 bits per heavy atom. The molecule has 0 aliphatic carbocycles. The number of aromatic amines is 1. The third kappa shape index (κ3) is 2.16. The fourth-order valence-electron chi connectivity index (χ4n) is 2.18. The van der Waals surface area contributed by atoms with Crippen molar-refractivity contribution in [1.82, 2.24) is 19.5 Å². The van der Waals surface area contributed by atoms with Gasteiger partial charge >= 0.3 is 5.69 Å². The van der Waals surface area contributed by atoms with Crippen LogP contribution < -0.4 is 11.0 Å². The van der Waals surface area contributed by atoms with Gasteiger partial charge in [-0.05, 0) is 12.5 Å². The molecule has 20 heavy (non-hydrogen) atoms. The second kappa shape index (κ2) is 5.16. The molecule has 0 aliphatic rings. The Hall–Kier alpha value is -2.63. The maximum atomic E-state index is 12.1. The predicted molar refractivity (Wildman–Crippen MR) is 77.9 cm³/mol. The quantitative estimate of drug-likeness (QED) is 0.754. The Morgan fingerprint density at radius 1 is 1.25 bits per heavy atom. The van der Waals surface area contributed by atoms with Gasteiger partial charge in [0, 0.05) is 6.54 Å². The number of aromatic nitrogens is 4. The summed E-state index contributed by atoms with van der Waals surface area (Å²) >= 11 is 0. The molecule has 0 atom stereocenters. The molecule has 0 spiro atoms. The van der Waals surface area contributed by atoms with E-state index in [1.807, 2.05) is 37.3 Å². The minimum absolute atomic E-state index is 0.177. The first-order chi connectivity index (χ1) is 9.79. The summed E-state index contributed by atoms with van der Waals surface area (Å²) in [6, 6.07) is 9.82. The molecule has 102 valence electrons. The van der Waals surface area contributed by atoms with Crippen molar-refractivity contribution >= 4 is 17.0 Å². The number of fused-ring (bicyclic) bond motifs is 1. The SMILES string of the molecule is CCNc1ncnc2c1[nH]c(=O)n2Cc1ccccc1. The second-order valence-corrected chi connectivity index (χ2v) is 4.45. The number of anilines is 1. The van der Waals surface area contributed by atoms with Crippen molar-refractivity contribution in [2.75, 3.05) is 11.9 Å². The fourth-order valence-corrected chi connectivity index (χ4v) is 2.18. The van der Waals surface area contributed by atoms with Crippen LogP contribution in [0.25, 0.3) is 11.2 Å². The number of nitrogens with one attached hydrogen (secondary N) is 2. The van der Waals surface area contributed by atoms with Gasteiger partial charge in [-0.25, -0.2) is 14.8 Å². The molecule has 3 aromatic rings. The van der Waals surface area contributed by atoms with Crippen LogP contribution in [0, 0.1) is 0 Å². The monoisotopic (exact) mass is 269 g/mol. The van der Waals surface area contributed by atoms with Crippen LogP contribution in [0.5, 0.6) is 0 Å². The van der Waals surface area contributed by atoms with E-state index < -0.39 is 0 Å². The zero-order chi connectivity index (χ0) is 13.9. The number of benzene rings is 1. The Balaban J connectivity index is 2.10. The van der Waals surface area contributed by atoms with E-state index in [2.05, 4.69) is 20.3 Å². The third-order valence-corrected chi connectivity index (χ3v) is 3.09. The smallest absolute Gasteiger partial charge is 0.328 e. The number of imidazole rings is 1. The van der Waals surface area contributed by atoms with Gasteiger partial charge in [0.1, 0.15) is 11.8 Å². The van der Waals surface area contributed by atoms with E-state index in [0.717, 1.165) is 12.1 Å². The van der Waals surface area contributed by atoms with Gasteiger partial charge in [-0.3, -0.25) is 4.57 Å². The summed E-state index contributed by atoms with van der Waals surface area (Å²) in [6.07, 6.45) is 1.47. The number of hydrogen-bond acceptors (Lipinski definition) is 4. The third-order valence-electron chi connectivity index (χ3n) is 3.09. The largest absolute Gasteiger partial charge is 0.368 e. The highest BCUT2D eigenvalue weighted by Gasteiger charge is 2.12. The van der Waals surface area contributed by atoms with Gasteiger partial charge in [0.25, 0.3) is 0 Å². The minimum Gasteiger partial charge on any atom is -0.368 e. The van der Waals surface area contributed by atoms with E-state index in [9.17, 15) is 4.79 Å². The van der Waals surface area contributed by atoms with Gasteiger partial charge in [-0.1, -0.05) is 30.3 Å². The van der Waals surface area contributed by atoms with Gasteiger partial charge in [0.2, 0.25) is 0 Å². The lowest BCUT2D eigenvalue weighted by molar-refractivity contribution is 0.777. The topological polar surface area (TPSA) is 75.6 Å². The summed E-state index contributed by atoms with van der Waals surface area (Å²) in [5.74, 6) is 0.654. The maximum absolute atomic E-state index is 12.1. The van der Waals surface area contributed by atoms with Crippen LogP contribution in [-0.4, -0.2) is 26.1 Å². The lowest BCUT2D eigenvalue weighted by Gasteiger charge is -2.04. The van der Waals surface area contributed by atoms with Crippen LogP contribution in [-0.2, 0) is 6.54 Å². The van der Waals surface area contributed by atoms with Gasteiger partial charge in [-0.15, -0.1) is 0 Å². The van der Waals surface area contributed by atoms with Gasteiger partial charge in [-0.2, -0.15) is 0 Å². The van der Waals surface area contributed by atoms with Crippen molar-refractivity contribution in [3.8, 4) is 0 Å². The predicted octanol–water partition coefficient (Wildman–Crippen LogP) is 1.60. The molecule has 0 bridgehead atoms.